The standard InChI is InChI=1S/C19H28N2O2/c1-3-20(2)13-15-8-10-21(14-15)19(22)12-18-17-7-5-4-6-16(17)9-11-23-18/h4-7,15,18H,3,8-14H2,1-2H3/t15-,18-/m1/s1. The van der Waals surface area contributed by atoms with Crippen molar-refractivity contribution < 1.29 is 9.53 Å². The Morgan fingerprint density at radius 1 is 1.39 bits per heavy atom. The summed E-state index contributed by atoms with van der Waals surface area (Å²) < 4.78 is 5.89. The van der Waals surface area contributed by atoms with Gasteiger partial charge in [-0.05, 0) is 43.5 Å². The van der Waals surface area contributed by atoms with Gasteiger partial charge in [-0.3, -0.25) is 4.79 Å². The molecule has 0 aliphatic carbocycles. The first-order valence-corrected chi connectivity index (χ1v) is 8.83. The minimum absolute atomic E-state index is 0.0650. The van der Waals surface area contributed by atoms with Gasteiger partial charge >= 0.3 is 0 Å². The Bertz CT molecular complexity index is 546. The molecule has 1 aromatic rings. The minimum Gasteiger partial charge on any atom is -0.373 e. The fourth-order valence-electron chi connectivity index (χ4n) is 3.71. The third kappa shape index (κ3) is 3.93. The molecule has 126 valence electrons. The topological polar surface area (TPSA) is 32.8 Å². The first-order valence-electron chi connectivity index (χ1n) is 8.83. The number of amides is 1. The molecule has 1 aromatic carbocycles. The molecule has 2 aliphatic heterocycles. The van der Waals surface area contributed by atoms with Crippen molar-refractivity contribution in [2.24, 2.45) is 5.92 Å². The Labute approximate surface area is 139 Å². The van der Waals surface area contributed by atoms with Gasteiger partial charge in [0.05, 0.1) is 19.1 Å². The molecular formula is C19H28N2O2. The van der Waals surface area contributed by atoms with Crippen LogP contribution in [0.5, 0.6) is 0 Å². The SMILES string of the molecule is CCN(C)C[C@H]1CCN(C(=O)C[C@H]2OCCc3ccccc32)C1. The molecule has 4 heteroatoms. The number of carbonyl (C=O) groups excluding carboxylic acids is 1. The van der Waals surface area contributed by atoms with E-state index >= 15 is 0 Å². The van der Waals surface area contributed by atoms with Crippen LogP contribution in [0.15, 0.2) is 24.3 Å². The van der Waals surface area contributed by atoms with Gasteiger partial charge in [0.1, 0.15) is 0 Å². The Morgan fingerprint density at radius 3 is 3.04 bits per heavy atom. The molecule has 0 spiro atoms. The second-order valence-corrected chi connectivity index (χ2v) is 6.86. The van der Waals surface area contributed by atoms with Crippen molar-refractivity contribution in [3.05, 3.63) is 35.4 Å². The molecular weight excluding hydrogens is 288 g/mol. The van der Waals surface area contributed by atoms with Gasteiger partial charge < -0.3 is 14.5 Å². The van der Waals surface area contributed by atoms with E-state index < -0.39 is 0 Å². The van der Waals surface area contributed by atoms with E-state index in [0.717, 1.165) is 45.6 Å². The number of rotatable bonds is 5. The molecule has 2 heterocycles. The fourth-order valence-corrected chi connectivity index (χ4v) is 3.71. The molecule has 0 radical (unpaired) electrons. The molecule has 0 N–H and O–H groups in total. The highest BCUT2D eigenvalue weighted by molar-refractivity contribution is 5.77. The number of likely N-dealkylation sites (tertiary alicyclic amines) is 1. The number of hydrogen-bond donors (Lipinski definition) is 0. The van der Waals surface area contributed by atoms with E-state index in [1.54, 1.807) is 0 Å². The van der Waals surface area contributed by atoms with Crippen molar-refractivity contribution in [2.45, 2.75) is 32.3 Å². The summed E-state index contributed by atoms with van der Waals surface area (Å²) in [6.45, 7) is 6.85. The lowest BCUT2D eigenvalue weighted by atomic mass is 9.95. The summed E-state index contributed by atoms with van der Waals surface area (Å²) in [5.41, 5.74) is 2.54. The van der Waals surface area contributed by atoms with Crippen LogP contribution in [-0.4, -0.2) is 55.5 Å². The van der Waals surface area contributed by atoms with E-state index in [2.05, 4.69) is 37.1 Å². The van der Waals surface area contributed by atoms with E-state index in [9.17, 15) is 4.79 Å². The molecule has 0 bridgehead atoms. The summed E-state index contributed by atoms with van der Waals surface area (Å²) in [5, 5.41) is 0. The lowest BCUT2D eigenvalue weighted by Crippen LogP contribution is -2.33. The van der Waals surface area contributed by atoms with Crippen LogP contribution < -0.4 is 0 Å². The first kappa shape index (κ1) is 16.5. The first-order chi connectivity index (χ1) is 11.2. The zero-order valence-corrected chi connectivity index (χ0v) is 14.3. The maximum atomic E-state index is 12.7. The summed E-state index contributed by atoms with van der Waals surface area (Å²) in [6, 6.07) is 8.37. The lowest BCUT2D eigenvalue weighted by molar-refractivity contribution is -0.133. The monoisotopic (exact) mass is 316 g/mol. The molecule has 2 atom stereocenters. The molecule has 3 rings (SSSR count). The fraction of sp³-hybridized carbons (Fsp3) is 0.632. The Hall–Kier alpha value is -1.39. The van der Waals surface area contributed by atoms with Crippen LogP contribution >= 0.6 is 0 Å². The summed E-state index contributed by atoms with van der Waals surface area (Å²) >= 11 is 0. The largest absolute Gasteiger partial charge is 0.373 e. The van der Waals surface area contributed by atoms with Crippen LogP contribution in [0.4, 0.5) is 0 Å². The van der Waals surface area contributed by atoms with Crippen molar-refractivity contribution in [2.75, 3.05) is 39.8 Å². The van der Waals surface area contributed by atoms with Crippen LogP contribution in [0.25, 0.3) is 0 Å². The van der Waals surface area contributed by atoms with Crippen LogP contribution in [0, 0.1) is 5.92 Å². The Morgan fingerprint density at radius 2 is 2.22 bits per heavy atom. The average Bonchev–Trinajstić information content (AvgIpc) is 3.03. The van der Waals surface area contributed by atoms with E-state index in [1.807, 2.05) is 11.0 Å². The quantitative estimate of drug-likeness (QED) is 0.837. The van der Waals surface area contributed by atoms with E-state index in [-0.39, 0.29) is 12.0 Å². The number of benzene rings is 1. The molecule has 23 heavy (non-hydrogen) atoms. The van der Waals surface area contributed by atoms with Gasteiger partial charge in [0, 0.05) is 19.6 Å². The highest BCUT2D eigenvalue weighted by Gasteiger charge is 2.30. The predicted molar refractivity (Wildman–Crippen MR) is 91.3 cm³/mol. The zero-order valence-electron chi connectivity index (χ0n) is 14.3. The maximum Gasteiger partial charge on any atom is 0.225 e. The average molecular weight is 316 g/mol. The zero-order chi connectivity index (χ0) is 16.2. The van der Waals surface area contributed by atoms with Crippen LogP contribution in [0.2, 0.25) is 0 Å². The van der Waals surface area contributed by atoms with Crippen LogP contribution in [0.1, 0.15) is 37.0 Å². The normalized spacial score (nSPS) is 24.0. The van der Waals surface area contributed by atoms with Gasteiger partial charge in [0.15, 0.2) is 0 Å². The van der Waals surface area contributed by atoms with Gasteiger partial charge in [-0.2, -0.15) is 0 Å². The van der Waals surface area contributed by atoms with Crippen molar-refractivity contribution in [3.63, 3.8) is 0 Å². The summed E-state index contributed by atoms with van der Waals surface area (Å²) in [7, 11) is 2.15. The number of carbonyl (C=O) groups is 1. The summed E-state index contributed by atoms with van der Waals surface area (Å²) in [5.74, 6) is 0.858. The van der Waals surface area contributed by atoms with Crippen molar-refractivity contribution >= 4 is 5.91 Å². The van der Waals surface area contributed by atoms with Crippen molar-refractivity contribution in [1.82, 2.24) is 9.80 Å². The third-order valence-corrected chi connectivity index (χ3v) is 5.20. The predicted octanol–water partition coefficient (Wildman–Crippen LogP) is 2.49. The van der Waals surface area contributed by atoms with Gasteiger partial charge in [0.25, 0.3) is 0 Å². The van der Waals surface area contributed by atoms with Crippen molar-refractivity contribution in [1.29, 1.82) is 0 Å². The highest BCUT2D eigenvalue weighted by atomic mass is 16.5. The molecule has 1 fully saturated rings. The molecule has 1 amide bonds. The summed E-state index contributed by atoms with van der Waals surface area (Å²) in [6.07, 6.45) is 2.49. The van der Waals surface area contributed by atoms with Gasteiger partial charge in [0.2, 0.25) is 5.91 Å². The van der Waals surface area contributed by atoms with E-state index in [4.69, 9.17) is 4.74 Å². The second-order valence-electron chi connectivity index (χ2n) is 6.86. The molecule has 1 saturated heterocycles. The molecule has 0 aromatic heterocycles. The van der Waals surface area contributed by atoms with Gasteiger partial charge in [-0.15, -0.1) is 0 Å². The number of nitrogens with zero attached hydrogens (tertiary/aromatic N) is 2. The van der Waals surface area contributed by atoms with Crippen LogP contribution in [-0.2, 0) is 16.0 Å². The third-order valence-electron chi connectivity index (χ3n) is 5.20. The van der Waals surface area contributed by atoms with Crippen molar-refractivity contribution in [3.8, 4) is 0 Å². The second kappa shape index (κ2) is 7.45. The smallest absolute Gasteiger partial charge is 0.225 e. The van der Waals surface area contributed by atoms with E-state index in [1.165, 1.54) is 11.1 Å². The molecule has 0 unspecified atom stereocenters. The molecule has 2 aliphatic rings. The number of fused-ring (bicyclic) bond motifs is 1. The Balaban J connectivity index is 1.56. The van der Waals surface area contributed by atoms with Gasteiger partial charge in [-0.25, -0.2) is 0 Å². The van der Waals surface area contributed by atoms with E-state index in [0.29, 0.717) is 12.3 Å². The molecule has 0 saturated carbocycles. The number of hydrogen-bond acceptors (Lipinski definition) is 3. The van der Waals surface area contributed by atoms with Gasteiger partial charge in [-0.1, -0.05) is 31.2 Å². The lowest BCUT2D eigenvalue weighted by Gasteiger charge is -2.27. The Kier molecular flexibility index (Phi) is 5.34. The summed E-state index contributed by atoms with van der Waals surface area (Å²) in [4.78, 5) is 17.0. The molecule has 4 nitrogen and oxygen atoms in total. The van der Waals surface area contributed by atoms with Crippen LogP contribution in [0.3, 0.4) is 0 Å². The maximum absolute atomic E-state index is 12.7. The minimum atomic E-state index is -0.0650. The highest BCUT2D eigenvalue weighted by Crippen LogP contribution is 2.30. The number of ether oxygens (including phenoxy) is 1.